The number of ether oxygens (including phenoxy) is 1. The molecular formula is C12H22O2. The van der Waals surface area contributed by atoms with Crippen LogP contribution in [0.1, 0.15) is 34.6 Å². The van der Waals surface area contributed by atoms with Gasteiger partial charge in [-0.05, 0) is 24.7 Å². The third-order valence-corrected chi connectivity index (χ3v) is 2.38. The molecule has 0 spiro atoms. The lowest BCUT2D eigenvalue weighted by molar-refractivity contribution is -0.139. The highest BCUT2D eigenvalue weighted by Crippen LogP contribution is 2.27. The Morgan fingerprint density at radius 2 is 1.64 bits per heavy atom. The summed E-state index contributed by atoms with van der Waals surface area (Å²) in [4.78, 5) is 11.5. The van der Waals surface area contributed by atoms with E-state index in [-0.39, 0.29) is 11.9 Å². The Bertz CT molecular complexity index is 196. The van der Waals surface area contributed by atoms with E-state index in [0.29, 0.717) is 24.0 Å². The fourth-order valence-electron chi connectivity index (χ4n) is 1.93. The molecule has 0 unspecified atom stereocenters. The van der Waals surface area contributed by atoms with Crippen molar-refractivity contribution in [3.63, 3.8) is 0 Å². The third-order valence-electron chi connectivity index (χ3n) is 2.38. The van der Waals surface area contributed by atoms with Crippen LogP contribution in [-0.4, -0.2) is 12.6 Å². The van der Waals surface area contributed by atoms with Crippen LogP contribution in [0.25, 0.3) is 0 Å². The van der Waals surface area contributed by atoms with Gasteiger partial charge in [0.2, 0.25) is 0 Å². The number of esters is 1. The molecule has 2 heteroatoms. The molecule has 0 heterocycles. The van der Waals surface area contributed by atoms with Gasteiger partial charge in [0, 0.05) is 5.57 Å². The molecule has 0 saturated carbocycles. The Kier molecular flexibility index (Phi) is 5.51. The fraction of sp³-hybridized carbons (Fsp3) is 0.750. The number of hydrogen-bond donors (Lipinski definition) is 0. The average Bonchev–Trinajstić information content (AvgIpc) is 2.03. The molecule has 0 aliphatic carbocycles. The van der Waals surface area contributed by atoms with E-state index in [1.54, 1.807) is 0 Å². The highest BCUT2D eigenvalue weighted by Gasteiger charge is 2.25. The minimum absolute atomic E-state index is 0.217. The van der Waals surface area contributed by atoms with Crippen molar-refractivity contribution < 1.29 is 9.53 Å². The minimum atomic E-state index is -0.250. The second-order valence-electron chi connectivity index (χ2n) is 4.26. The van der Waals surface area contributed by atoms with Gasteiger partial charge in [0.15, 0.2) is 0 Å². The zero-order valence-corrected chi connectivity index (χ0v) is 9.96. The van der Waals surface area contributed by atoms with Crippen molar-refractivity contribution in [2.45, 2.75) is 34.6 Å². The van der Waals surface area contributed by atoms with Crippen LogP contribution >= 0.6 is 0 Å². The second-order valence-corrected chi connectivity index (χ2v) is 4.26. The number of rotatable bonds is 5. The lowest BCUT2D eigenvalue weighted by atomic mass is 9.80. The van der Waals surface area contributed by atoms with E-state index in [1.807, 2.05) is 6.92 Å². The first-order chi connectivity index (χ1) is 6.41. The maximum Gasteiger partial charge on any atom is 0.333 e. The molecule has 82 valence electrons. The van der Waals surface area contributed by atoms with Crippen molar-refractivity contribution in [1.82, 2.24) is 0 Å². The maximum absolute atomic E-state index is 11.5. The maximum atomic E-state index is 11.5. The van der Waals surface area contributed by atoms with Crippen LogP contribution in [0.4, 0.5) is 0 Å². The molecule has 0 aromatic heterocycles. The number of hydrogen-bond acceptors (Lipinski definition) is 2. The molecule has 0 rings (SSSR count). The molecule has 14 heavy (non-hydrogen) atoms. The second kappa shape index (κ2) is 5.84. The van der Waals surface area contributed by atoms with Gasteiger partial charge in [-0.15, -0.1) is 0 Å². The topological polar surface area (TPSA) is 26.3 Å². The van der Waals surface area contributed by atoms with Crippen LogP contribution in [0.5, 0.6) is 0 Å². The summed E-state index contributed by atoms with van der Waals surface area (Å²) in [5.41, 5.74) is 0.608. The monoisotopic (exact) mass is 198 g/mol. The van der Waals surface area contributed by atoms with E-state index in [0.717, 1.165) is 0 Å². The van der Waals surface area contributed by atoms with Gasteiger partial charge >= 0.3 is 5.97 Å². The summed E-state index contributed by atoms with van der Waals surface area (Å²) >= 11 is 0. The zero-order chi connectivity index (χ0) is 11.3. The summed E-state index contributed by atoms with van der Waals surface area (Å²) < 4.78 is 4.95. The van der Waals surface area contributed by atoms with Gasteiger partial charge in [-0.25, -0.2) is 4.79 Å². The standard InChI is InChI=1S/C12H22O2/c1-7-14-12(13)10(6)11(8(2)3)9(4)5/h8-9,11H,6-7H2,1-5H3. The van der Waals surface area contributed by atoms with E-state index >= 15 is 0 Å². The molecule has 0 aromatic rings. The lowest BCUT2D eigenvalue weighted by Crippen LogP contribution is -2.23. The first-order valence-corrected chi connectivity index (χ1v) is 5.27. The molecule has 0 aliphatic heterocycles. The van der Waals surface area contributed by atoms with Gasteiger partial charge in [0.05, 0.1) is 6.61 Å². The lowest BCUT2D eigenvalue weighted by Gasteiger charge is -2.25. The van der Waals surface area contributed by atoms with Crippen molar-refractivity contribution in [3.8, 4) is 0 Å². The summed E-state index contributed by atoms with van der Waals surface area (Å²) in [5.74, 6) is 0.813. The first-order valence-electron chi connectivity index (χ1n) is 5.27. The Labute approximate surface area is 87.3 Å². The van der Waals surface area contributed by atoms with E-state index in [1.165, 1.54) is 0 Å². The first kappa shape index (κ1) is 13.2. The minimum Gasteiger partial charge on any atom is -0.463 e. The predicted octanol–water partition coefficient (Wildman–Crippen LogP) is 3.03. The van der Waals surface area contributed by atoms with E-state index < -0.39 is 0 Å². The van der Waals surface area contributed by atoms with Gasteiger partial charge in [-0.1, -0.05) is 34.3 Å². The van der Waals surface area contributed by atoms with Crippen LogP contribution < -0.4 is 0 Å². The van der Waals surface area contributed by atoms with Crippen molar-refractivity contribution in [2.75, 3.05) is 6.61 Å². The smallest absolute Gasteiger partial charge is 0.333 e. The number of carbonyl (C=O) groups excluding carboxylic acids is 1. The summed E-state index contributed by atoms with van der Waals surface area (Å²) in [5, 5.41) is 0. The summed E-state index contributed by atoms with van der Waals surface area (Å²) in [6.07, 6.45) is 0. The molecule has 0 saturated heterocycles. The molecule has 0 bridgehead atoms. The molecule has 0 amide bonds. The predicted molar refractivity (Wildman–Crippen MR) is 58.9 cm³/mol. The Balaban J connectivity index is 4.52. The normalized spacial score (nSPS) is 11.1. The summed E-state index contributed by atoms with van der Waals surface area (Å²) in [7, 11) is 0. The van der Waals surface area contributed by atoms with Crippen LogP contribution in [-0.2, 0) is 9.53 Å². The fourth-order valence-corrected chi connectivity index (χ4v) is 1.93. The van der Waals surface area contributed by atoms with Gasteiger partial charge in [0.1, 0.15) is 0 Å². The van der Waals surface area contributed by atoms with Crippen molar-refractivity contribution in [3.05, 3.63) is 12.2 Å². The van der Waals surface area contributed by atoms with Crippen molar-refractivity contribution >= 4 is 5.97 Å². The zero-order valence-electron chi connectivity index (χ0n) is 9.96. The highest BCUT2D eigenvalue weighted by atomic mass is 16.5. The van der Waals surface area contributed by atoms with E-state index in [2.05, 4.69) is 34.3 Å². The Morgan fingerprint density at radius 1 is 1.21 bits per heavy atom. The van der Waals surface area contributed by atoms with Crippen LogP contribution in [0.2, 0.25) is 0 Å². The quantitative estimate of drug-likeness (QED) is 0.501. The van der Waals surface area contributed by atoms with Crippen LogP contribution in [0, 0.1) is 17.8 Å². The average molecular weight is 198 g/mol. The molecule has 0 N–H and O–H groups in total. The van der Waals surface area contributed by atoms with Gasteiger partial charge in [-0.2, -0.15) is 0 Å². The van der Waals surface area contributed by atoms with E-state index in [9.17, 15) is 4.79 Å². The van der Waals surface area contributed by atoms with Crippen LogP contribution in [0.3, 0.4) is 0 Å². The van der Waals surface area contributed by atoms with Gasteiger partial charge < -0.3 is 4.74 Å². The van der Waals surface area contributed by atoms with Gasteiger partial charge in [0.25, 0.3) is 0 Å². The van der Waals surface area contributed by atoms with Crippen LogP contribution in [0.15, 0.2) is 12.2 Å². The molecule has 0 aromatic carbocycles. The SMILES string of the molecule is C=C(C(=O)OCC)C(C(C)C)C(C)C. The van der Waals surface area contributed by atoms with Crippen molar-refractivity contribution in [2.24, 2.45) is 17.8 Å². The third kappa shape index (κ3) is 3.52. The molecule has 0 aliphatic rings. The molecule has 0 atom stereocenters. The largest absolute Gasteiger partial charge is 0.463 e. The molecular weight excluding hydrogens is 176 g/mol. The molecule has 2 nitrogen and oxygen atoms in total. The highest BCUT2D eigenvalue weighted by molar-refractivity contribution is 5.88. The molecule has 0 fully saturated rings. The molecule has 0 radical (unpaired) electrons. The van der Waals surface area contributed by atoms with E-state index in [4.69, 9.17) is 4.74 Å². The van der Waals surface area contributed by atoms with Crippen molar-refractivity contribution in [1.29, 1.82) is 0 Å². The Hall–Kier alpha value is -0.790. The number of carbonyl (C=O) groups is 1. The van der Waals surface area contributed by atoms with Gasteiger partial charge in [-0.3, -0.25) is 0 Å². The summed E-state index contributed by atoms with van der Waals surface area (Å²) in [6.45, 7) is 14.5. The Morgan fingerprint density at radius 3 is 1.93 bits per heavy atom. The summed E-state index contributed by atoms with van der Waals surface area (Å²) in [6, 6.07) is 0.